The average Bonchev–Trinajstić information content (AvgIpc) is 3.26. The van der Waals surface area contributed by atoms with E-state index in [4.69, 9.17) is 13.6 Å². The molecule has 8 nitrogen and oxygen atoms in total. The van der Waals surface area contributed by atoms with E-state index in [1.165, 1.54) is 23.8 Å². The first-order valence-corrected chi connectivity index (χ1v) is 8.16. The molecule has 136 valence electrons. The first-order valence-electron chi connectivity index (χ1n) is 8.16. The number of aromatic nitrogens is 3. The topological polar surface area (TPSA) is 100 Å². The van der Waals surface area contributed by atoms with Crippen LogP contribution < -0.4 is 5.76 Å². The maximum absolute atomic E-state index is 12.2. The van der Waals surface area contributed by atoms with Crippen LogP contribution in [0.1, 0.15) is 21.8 Å². The molecule has 2 aromatic carbocycles. The summed E-state index contributed by atoms with van der Waals surface area (Å²) < 4.78 is 16.9. The Kier molecular flexibility index (Phi) is 4.08. The highest BCUT2D eigenvalue weighted by Crippen LogP contribution is 2.20. The molecule has 0 spiro atoms. The van der Waals surface area contributed by atoms with Crippen molar-refractivity contribution in [2.45, 2.75) is 13.5 Å². The second-order valence-corrected chi connectivity index (χ2v) is 6.00. The maximum Gasteiger partial charge on any atom is 0.420 e. The van der Waals surface area contributed by atoms with E-state index in [0.717, 1.165) is 11.1 Å². The summed E-state index contributed by atoms with van der Waals surface area (Å²) in [6.45, 7) is 2.01. The summed E-state index contributed by atoms with van der Waals surface area (Å²) in [6, 6.07) is 12.3. The minimum atomic E-state index is -0.581. The molecule has 0 bridgehead atoms. The van der Waals surface area contributed by atoms with Gasteiger partial charge in [-0.05, 0) is 37.3 Å². The van der Waals surface area contributed by atoms with E-state index in [2.05, 4.69) is 10.2 Å². The summed E-state index contributed by atoms with van der Waals surface area (Å²) >= 11 is 0. The van der Waals surface area contributed by atoms with Gasteiger partial charge in [0.1, 0.15) is 6.54 Å². The highest BCUT2D eigenvalue weighted by molar-refractivity contribution is 5.93. The van der Waals surface area contributed by atoms with Crippen LogP contribution in [0.2, 0.25) is 0 Å². The van der Waals surface area contributed by atoms with Crippen molar-refractivity contribution in [3.63, 3.8) is 0 Å². The maximum atomic E-state index is 12.2. The van der Waals surface area contributed by atoms with Crippen LogP contribution in [0, 0.1) is 6.92 Å². The third-order valence-electron chi connectivity index (χ3n) is 4.15. The molecule has 0 aliphatic heterocycles. The van der Waals surface area contributed by atoms with Gasteiger partial charge in [0.15, 0.2) is 5.58 Å². The van der Waals surface area contributed by atoms with Crippen molar-refractivity contribution in [2.24, 2.45) is 0 Å². The number of benzene rings is 2. The van der Waals surface area contributed by atoms with Crippen molar-refractivity contribution in [1.29, 1.82) is 0 Å². The number of hydrogen-bond donors (Lipinski definition) is 0. The first-order chi connectivity index (χ1) is 13.0. The van der Waals surface area contributed by atoms with Gasteiger partial charge in [0.2, 0.25) is 11.8 Å². The van der Waals surface area contributed by atoms with E-state index in [9.17, 15) is 9.59 Å². The fourth-order valence-corrected chi connectivity index (χ4v) is 2.72. The van der Waals surface area contributed by atoms with E-state index in [1.54, 1.807) is 6.07 Å². The largest absolute Gasteiger partial charge is 0.465 e. The lowest BCUT2D eigenvalue weighted by Gasteiger charge is -2.01. The lowest BCUT2D eigenvalue weighted by atomic mass is 10.1. The lowest BCUT2D eigenvalue weighted by molar-refractivity contribution is 0.0601. The van der Waals surface area contributed by atoms with Crippen molar-refractivity contribution in [1.82, 2.24) is 14.8 Å². The van der Waals surface area contributed by atoms with Crippen molar-refractivity contribution in [3.8, 4) is 11.5 Å². The molecular weight excluding hydrogens is 350 g/mol. The van der Waals surface area contributed by atoms with Gasteiger partial charge in [-0.3, -0.25) is 4.57 Å². The predicted octanol–water partition coefficient (Wildman–Crippen LogP) is 2.79. The molecule has 0 radical (unpaired) electrons. The van der Waals surface area contributed by atoms with Crippen LogP contribution in [-0.2, 0) is 11.3 Å². The number of carbonyl (C=O) groups excluding carboxylic acids is 1. The Bertz CT molecular complexity index is 1180. The Labute approximate surface area is 153 Å². The zero-order valence-corrected chi connectivity index (χ0v) is 14.6. The molecule has 4 aromatic rings. The second-order valence-electron chi connectivity index (χ2n) is 6.00. The van der Waals surface area contributed by atoms with Crippen LogP contribution >= 0.6 is 0 Å². The van der Waals surface area contributed by atoms with Crippen LogP contribution in [0.15, 0.2) is 56.1 Å². The molecule has 8 heteroatoms. The monoisotopic (exact) mass is 365 g/mol. The molecule has 0 saturated carbocycles. The van der Waals surface area contributed by atoms with Gasteiger partial charge < -0.3 is 13.6 Å². The number of methoxy groups -OCH3 is 1. The molecule has 0 aliphatic rings. The van der Waals surface area contributed by atoms with Gasteiger partial charge in [-0.2, -0.15) is 0 Å². The molecule has 27 heavy (non-hydrogen) atoms. The summed E-state index contributed by atoms with van der Waals surface area (Å²) in [5.74, 6) is -0.474. The predicted molar refractivity (Wildman–Crippen MR) is 95.4 cm³/mol. The number of aryl methyl sites for hydroxylation is 1. The van der Waals surface area contributed by atoms with Crippen molar-refractivity contribution in [3.05, 3.63) is 70.0 Å². The Balaban J connectivity index is 1.69. The summed E-state index contributed by atoms with van der Waals surface area (Å²) in [5, 5.41) is 8.03. The summed E-state index contributed by atoms with van der Waals surface area (Å²) in [6.07, 6.45) is 0. The second kappa shape index (κ2) is 6.56. The molecule has 0 atom stereocenters. The SMILES string of the molecule is COC(=O)c1ccc2oc(=O)n(Cc3nnc(-c4ccc(C)cc4)o3)c2c1. The van der Waals surface area contributed by atoms with E-state index in [-0.39, 0.29) is 12.4 Å². The first kappa shape index (κ1) is 16.8. The van der Waals surface area contributed by atoms with E-state index < -0.39 is 11.7 Å². The van der Waals surface area contributed by atoms with Crippen LogP contribution in [-0.4, -0.2) is 27.8 Å². The van der Waals surface area contributed by atoms with Crippen molar-refractivity contribution in [2.75, 3.05) is 7.11 Å². The van der Waals surface area contributed by atoms with Gasteiger partial charge in [-0.25, -0.2) is 9.59 Å². The quantitative estimate of drug-likeness (QED) is 0.513. The Morgan fingerprint density at radius 1 is 1.11 bits per heavy atom. The van der Waals surface area contributed by atoms with E-state index >= 15 is 0 Å². The number of rotatable bonds is 4. The number of nitrogens with zero attached hydrogens (tertiary/aromatic N) is 3. The number of hydrogen-bond acceptors (Lipinski definition) is 7. The fourth-order valence-electron chi connectivity index (χ4n) is 2.72. The molecule has 4 rings (SSSR count). The van der Waals surface area contributed by atoms with Crippen LogP contribution in [0.5, 0.6) is 0 Å². The Morgan fingerprint density at radius 3 is 2.63 bits per heavy atom. The zero-order chi connectivity index (χ0) is 19.0. The van der Waals surface area contributed by atoms with Crippen LogP contribution in [0.3, 0.4) is 0 Å². The third-order valence-corrected chi connectivity index (χ3v) is 4.15. The number of oxazole rings is 1. The molecule has 2 aromatic heterocycles. The van der Waals surface area contributed by atoms with E-state index in [0.29, 0.717) is 22.6 Å². The molecule has 0 amide bonds. The molecule has 0 saturated heterocycles. The van der Waals surface area contributed by atoms with Gasteiger partial charge in [-0.15, -0.1) is 10.2 Å². The third kappa shape index (κ3) is 3.12. The molecule has 0 N–H and O–H groups in total. The normalized spacial score (nSPS) is 11.0. The molecule has 0 fully saturated rings. The minimum absolute atomic E-state index is 0.0231. The Hall–Kier alpha value is -3.68. The number of esters is 1. The van der Waals surface area contributed by atoms with Crippen molar-refractivity contribution < 1.29 is 18.4 Å². The van der Waals surface area contributed by atoms with Gasteiger partial charge in [-0.1, -0.05) is 17.7 Å². The van der Waals surface area contributed by atoms with Gasteiger partial charge in [0.05, 0.1) is 18.2 Å². The fraction of sp³-hybridized carbons (Fsp3) is 0.158. The minimum Gasteiger partial charge on any atom is -0.465 e. The number of fused-ring (bicyclic) bond motifs is 1. The molecular formula is C19H15N3O5. The number of ether oxygens (including phenoxy) is 1. The number of carbonyl (C=O) groups is 1. The average molecular weight is 365 g/mol. The Morgan fingerprint density at radius 2 is 1.89 bits per heavy atom. The highest BCUT2D eigenvalue weighted by Gasteiger charge is 2.16. The molecule has 0 unspecified atom stereocenters. The summed E-state index contributed by atoms with van der Waals surface area (Å²) in [4.78, 5) is 23.9. The lowest BCUT2D eigenvalue weighted by Crippen LogP contribution is -2.15. The standard InChI is InChI=1S/C19H15N3O5/c1-11-3-5-12(6-4-11)17-21-20-16(27-17)10-22-14-9-13(18(23)25-2)7-8-15(14)26-19(22)24/h3-9H,10H2,1-2H3. The van der Waals surface area contributed by atoms with Crippen molar-refractivity contribution >= 4 is 17.1 Å². The zero-order valence-electron chi connectivity index (χ0n) is 14.6. The van der Waals surface area contributed by atoms with Gasteiger partial charge >= 0.3 is 11.7 Å². The summed E-state index contributed by atoms with van der Waals surface area (Å²) in [5.41, 5.74) is 3.02. The van der Waals surface area contributed by atoms with Gasteiger partial charge in [0, 0.05) is 5.56 Å². The smallest absolute Gasteiger partial charge is 0.420 e. The van der Waals surface area contributed by atoms with Crippen LogP contribution in [0.4, 0.5) is 0 Å². The van der Waals surface area contributed by atoms with Crippen LogP contribution in [0.25, 0.3) is 22.6 Å². The summed E-state index contributed by atoms with van der Waals surface area (Å²) in [7, 11) is 1.29. The molecule has 0 aliphatic carbocycles. The highest BCUT2D eigenvalue weighted by atomic mass is 16.5. The molecule has 2 heterocycles. The van der Waals surface area contributed by atoms with E-state index in [1.807, 2.05) is 31.2 Å². The van der Waals surface area contributed by atoms with Gasteiger partial charge in [0.25, 0.3) is 0 Å².